The third kappa shape index (κ3) is 4.03. The summed E-state index contributed by atoms with van der Waals surface area (Å²) in [6, 6.07) is 6.94. The Morgan fingerprint density at radius 1 is 1.21 bits per heavy atom. The Labute approximate surface area is 116 Å². The molecule has 0 aliphatic carbocycles. The molecule has 0 bridgehead atoms. The minimum Gasteiger partial charge on any atom is -0.330 e. The maximum absolute atomic E-state index is 12.6. The van der Waals surface area contributed by atoms with E-state index in [1.807, 2.05) is 39.8 Å². The fourth-order valence-corrected chi connectivity index (χ4v) is 3.41. The van der Waals surface area contributed by atoms with Gasteiger partial charge in [-0.15, -0.1) is 0 Å². The molecule has 0 heterocycles. The first-order valence-electron chi connectivity index (χ1n) is 6.50. The van der Waals surface area contributed by atoms with E-state index in [4.69, 9.17) is 5.73 Å². The van der Waals surface area contributed by atoms with Gasteiger partial charge in [0.05, 0.1) is 4.90 Å². The van der Waals surface area contributed by atoms with Crippen molar-refractivity contribution in [1.82, 2.24) is 4.31 Å². The Balaban J connectivity index is 3.06. The number of hydrogen-bond donors (Lipinski definition) is 1. The minimum absolute atomic E-state index is 0.228. The van der Waals surface area contributed by atoms with Crippen LogP contribution in [0.1, 0.15) is 26.3 Å². The maximum Gasteiger partial charge on any atom is 0.243 e. The van der Waals surface area contributed by atoms with Crippen molar-refractivity contribution in [2.75, 3.05) is 19.6 Å². The predicted molar refractivity (Wildman–Crippen MR) is 78.4 cm³/mol. The molecule has 0 saturated carbocycles. The molecule has 0 amide bonds. The van der Waals surface area contributed by atoms with Gasteiger partial charge in [0.2, 0.25) is 10.0 Å². The van der Waals surface area contributed by atoms with Gasteiger partial charge in [-0.05, 0) is 31.0 Å². The number of sulfonamides is 1. The predicted octanol–water partition coefficient (Wildman–Crippen LogP) is 1.99. The minimum atomic E-state index is -3.43. The molecule has 0 aliphatic heterocycles. The number of nitrogens with zero attached hydrogens (tertiary/aromatic N) is 1. The van der Waals surface area contributed by atoms with Gasteiger partial charge < -0.3 is 5.73 Å². The molecule has 108 valence electrons. The Morgan fingerprint density at radius 3 is 2.16 bits per heavy atom. The molecular weight excluding hydrogens is 260 g/mol. The molecule has 0 radical (unpaired) electrons. The molecule has 0 atom stereocenters. The van der Waals surface area contributed by atoms with Crippen LogP contribution in [0.4, 0.5) is 0 Å². The monoisotopic (exact) mass is 284 g/mol. The van der Waals surface area contributed by atoms with Crippen molar-refractivity contribution in [2.24, 2.45) is 11.1 Å². The largest absolute Gasteiger partial charge is 0.330 e. The second-order valence-electron chi connectivity index (χ2n) is 5.61. The van der Waals surface area contributed by atoms with Gasteiger partial charge in [-0.25, -0.2) is 8.42 Å². The van der Waals surface area contributed by atoms with Gasteiger partial charge in [0.15, 0.2) is 0 Å². The van der Waals surface area contributed by atoms with Crippen LogP contribution < -0.4 is 5.73 Å². The summed E-state index contributed by atoms with van der Waals surface area (Å²) in [4.78, 5) is 0.341. The average Bonchev–Trinajstić information content (AvgIpc) is 2.36. The number of nitrogens with two attached hydrogens (primary N) is 1. The van der Waals surface area contributed by atoms with E-state index >= 15 is 0 Å². The van der Waals surface area contributed by atoms with Crippen LogP contribution in [0.25, 0.3) is 0 Å². The van der Waals surface area contributed by atoms with E-state index in [1.54, 1.807) is 12.1 Å². The number of hydrogen-bond acceptors (Lipinski definition) is 3. The Bertz CT molecular complexity index is 507. The lowest BCUT2D eigenvalue weighted by atomic mass is 9.94. The lowest BCUT2D eigenvalue weighted by Gasteiger charge is -2.30. The lowest BCUT2D eigenvalue weighted by molar-refractivity contribution is 0.273. The maximum atomic E-state index is 12.6. The molecule has 4 nitrogen and oxygen atoms in total. The third-order valence-corrected chi connectivity index (χ3v) is 5.10. The van der Waals surface area contributed by atoms with Crippen LogP contribution in [-0.4, -0.2) is 32.4 Å². The quantitative estimate of drug-likeness (QED) is 0.869. The normalized spacial score (nSPS) is 12.9. The summed E-state index contributed by atoms with van der Waals surface area (Å²) in [5.74, 6) is 0. The molecule has 5 heteroatoms. The molecule has 0 aromatic heterocycles. The van der Waals surface area contributed by atoms with Crippen molar-refractivity contribution in [2.45, 2.75) is 32.6 Å². The smallest absolute Gasteiger partial charge is 0.243 e. The summed E-state index contributed by atoms with van der Waals surface area (Å²) in [7, 11) is -3.43. The topological polar surface area (TPSA) is 63.4 Å². The van der Waals surface area contributed by atoms with E-state index in [9.17, 15) is 8.42 Å². The zero-order valence-corrected chi connectivity index (χ0v) is 13.0. The molecule has 2 N–H and O–H groups in total. The summed E-state index contributed by atoms with van der Waals surface area (Å²) < 4.78 is 26.6. The van der Waals surface area contributed by atoms with Gasteiger partial charge in [0.1, 0.15) is 0 Å². The summed E-state index contributed by atoms with van der Waals surface area (Å²) >= 11 is 0. The molecule has 1 aromatic rings. The summed E-state index contributed by atoms with van der Waals surface area (Å²) in [6.45, 7) is 9.05. The highest BCUT2D eigenvalue weighted by Gasteiger charge is 2.28. The van der Waals surface area contributed by atoms with E-state index in [-0.39, 0.29) is 5.41 Å². The van der Waals surface area contributed by atoms with Crippen LogP contribution in [-0.2, 0) is 10.0 Å². The second-order valence-corrected chi connectivity index (χ2v) is 7.55. The third-order valence-electron chi connectivity index (χ3n) is 3.17. The number of rotatable bonds is 6. The van der Waals surface area contributed by atoms with E-state index in [0.29, 0.717) is 24.5 Å². The molecule has 0 saturated heterocycles. The first kappa shape index (κ1) is 16.1. The van der Waals surface area contributed by atoms with Crippen LogP contribution in [0.5, 0.6) is 0 Å². The van der Waals surface area contributed by atoms with Crippen molar-refractivity contribution >= 4 is 10.0 Å². The number of aryl methyl sites for hydroxylation is 1. The van der Waals surface area contributed by atoms with E-state index < -0.39 is 10.0 Å². The standard InChI is InChI=1S/C14H24N2O2S/c1-5-16(11-14(3,4)10-15)19(17,18)13-8-6-12(2)7-9-13/h6-9H,5,10-11,15H2,1-4H3. The van der Waals surface area contributed by atoms with E-state index in [2.05, 4.69) is 0 Å². The molecule has 1 rings (SSSR count). The molecule has 0 fully saturated rings. The Kier molecular flexibility index (Phi) is 5.12. The van der Waals surface area contributed by atoms with Crippen molar-refractivity contribution in [1.29, 1.82) is 0 Å². The van der Waals surface area contributed by atoms with E-state index in [1.165, 1.54) is 4.31 Å². The highest BCUT2D eigenvalue weighted by Crippen LogP contribution is 2.22. The van der Waals surface area contributed by atoms with Crippen molar-refractivity contribution in [3.8, 4) is 0 Å². The van der Waals surface area contributed by atoms with Crippen LogP contribution in [0, 0.1) is 12.3 Å². The molecule has 19 heavy (non-hydrogen) atoms. The van der Waals surface area contributed by atoms with Crippen LogP contribution in [0.15, 0.2) is 29.2 Å². The average molecular weight is 284 g/mol. The second kappa shape index (κ2) is 6.03. The fraction of sp³-hybridized carbons (Fsp3) is 0.571. The van der Waals surface area contributed by atoms with Crippen molar-refractivity contribution < 1.29 is 8.42 Å². The Morgan fingerprint density at radius 2 is 1.74 bits per heavy atom. The van der Waals surface area contributed by atoms with Gasteiger partial charge in [0.25, 0.3) is 0 Å². The zero-order chi connectivity index (χ0) is 14.7. The van der Waals surface area contributed by atoms with Crippen molar-refractivity contribution in [3.05, 3.63) is 29.8 Å². The van der Waals surface area contributed by atoms with Gasteiger partial charge in [0, 0.05) is 13.1 Å². The summed E-state index contributed by atoms with van der Waals surface area (Å²) in [5.41, 5.74) is 6.51. The lowest BCUT2D eigenvalue weighted by Crippen LogP contribution is -2.41. The van der Waals surface area contributed by atoms with Crippen LogP contribution in [0.2, 0.25) is 0 Å². The number of benzene rings is 1. The summed E-state index contributed by atoms with van der Waals surface area (Å²) in [5, 5.41) is 0. The SMILES string of the molecule is CCN(CC(C)(C)CN)S(=O)(=O)c1ccc(C)cc1. The molecule has 1 aromatic carbocycles. The van der Waals surface area contributed by atoms with Crippen molar-refractivity contribution in [3.63, 3.8) is 0 Å². The fourth-order valence-electron chi connectivity index (χ4n) is 1.77. The molecule has 0 unspecified atom stereocenters. The molecule has 0 aliphatic rings. The van der Waals surface area contributed by atoms with Crippen LogP contribution in [0.3, 0.4) is 0 Å². The zero-order valence-electron chi connectivity index (χ0n) is 12.2. The molecular formula is C14H24N2O2S. The highest BCUT2D eigenvalue weighted by atomic mass is 32.2. The Hall–Kier alpha value is -0.910. The first-order valence-corrected chi connectivity index (χ1v) is 7.94. The van der Waals surface area contributed by atoms with Gasteiger partial charge in [-0.2, -0.15) is 4.31 Å². The van der Waals surface area contributed by atoms with E-state index in [0.717, 1.165) is 5.56 Å². The highest BCUT2D eigenvalue weighted by molar-refractivity contribution is 7.89. The summed E-state index contributed by atoms with van der Waals surface area (Å²) in [6.07, 6.45) is 0. The van der Waals surface area contributed by atoms with Gasteiger partial charge in [-0.1, -0.05) is 38.5 Å². The van der Waals surface area contributed by atoms with Gasteiger partial charge in [-0.3, -0.25) is 0 Å². The molecule has 0 spiro atoms. The van der Waals surface area contributed by atoms with Gasteiger partial charge >= 0.3 is 0 Å². The first-order chi connectivity index (χ1) is 8.73. The van der Waals surface area contributed by atoms with Crippen LogP contribution >= 0.6 is 0 Å².